The number of halogens is 2. The molecule has 4 heterocycles. The summed E-state index contributed by atoms with van der Waals surface area (Å²) in [5.74, 6) is 1.81. The third-order valence-electron chi connectivity index (χ3n) is 7.00. The van der Waals surface area contributed by atoms with E-state index in [2.05, 4.69) is 35.3 Å². The molecule has 184 valence electrons. The van der Waals surface area contributed by atoms with Crippen LogP contribution in [-0.4, -0.2) is 49.2 Å². The molecule has 1 spiro atoms. The lowest BCUT2D eigenvalue weighted by atomic mass is 9.58. The Labute approximate surface area is 206 Å². The van der Waals surface area contributed by atoms with Gasteiger partial charge in [0.1, 0.15) is 5.82 Å². The second-order valence-electron chi connectivity index (χ2n) is 9.65. The van der Waals surface area contributed by atoms with E-state index in [9.17, 15) is 8.78 Å². The zero-order valence-electron chi connectivity index (χ0n) is 19.6. The van der Waals surface area contributed by atoms with Gasteiger partial charge in [-0.2, -0.15) is 4.98 Å². The highest BCUT2D eigenvalue weighted by molar-refractivity contribution is 5.66. The minimum absolute atomic E-state index is 0.0605. The monoisotopic (exact) mass is 489 g/mol. The van der Waals surface area contributed by atoms with Crippen LogP contribution in [0.15, 0.2) is 54.9 Å². The molecule has 0 radical (unpaired) electrons. The molecule has 0 atom stereocenters. The molecular formula is C25H25F2N9. The van der Waals surface area contributed by atoms with Crippen molar-refractivity contribution < 1.29 is 8.78 Å². The zero-order valence-corrected chi connectivity index (χ0v) is 19.6. The maximum absolute atomic E-state index is 12.8. The van der Waals surface area contributed by atoms with Gasteiger partial charge < -0.3 is 16.0 Å². The molecule has 2 fully saturated rings. The highest BCUT2D eigenvalue weighted by Gasteiger charge is 2.54. The topological polar surface area (TPSA) is 111 Å². The van der Waals surface area contributed by atoms with Gasteiger partial charge in [0.2, 0.25) is 18.3 Å². The van der Waals surface area contributed by atoms with Gasteiger partial charge in [-0.3, -0.25) is 0 Å². The molecule has 3 aromatic heterocycles. The van der Waals surface area contributed by atoms with E-state index in [1.165, 1.54) is 0 Å². The fourth-order valence-electron chi connectivity index (χ4n) is 5.12. The van der Waals surface area contributed by atoms with Crippen molar-refractivity contribution in [2.24, 2.45) is 18.4 Å². The first kappa shape index (κ1) is 22.3. The number of hydrogen-bond acceptors (Lipinski definition) is 8. The lowest BCUT2D eigenvalue weighted by Crippen LogP contribution is -2.63. The van der Waals surface area contributed by atoms with Crippen LogP contribution in [0.5, 0.6) is 0 Å². The van der Waals surface area contributed by atoms with Crippen molar-refractivity contribution in [3.8, 4) is 22.6 Å². The van der Waals surface area contributed by atoms with Gasteiger partial charge in [0.25, 0.3) is 0 Å². The normalized spacial score (nSPS) is 16.7. The largest absolute Gasteiger partial charge is 0.368 e. The number of nitrogens with two attached hydrogens (primary N) is 1. The number of nitrogens with zero attached hydrogens (tertiary/aromatic N) is 7. The molecule has 6 rings (SSSR count). The summed E-state index contributed by atoms with van der Waals surface area (Å²) in [7, 11) is 1.82. The van der Waals surface area contributed by atoms with E-state index in [4.69, 9.17) is 5.73 Å². The Hall–Kier alpha value is -4.15. The number of alkyl halides is 2. The molecule has 0 unspecified atom stereocenters. The first-order chi connectivity index (χ1) is 17.4. The molecule has 1 aliphatic heterocycles. The predicted molar refractivity (Wildman–Crippen MR) is 133 cm³/mol. The van der Waals surface area contributed by atoms with Crippen LogP contribution in [-0.2, 0) is 7.05 Å². The van der Waals surface area contributed by atoms with Gasteiger partial charge in [-0.1, -0.05) is 12.1 Å². The van der Waals surface area contributed by atoms with Crippen molar-refractivity contribution in [1.29, 1.82) is 0 Å². The predicted octanol–water partition coefficient (Wildman–Crippen LogP) is 4.14. The molecule has 36 heavy (non-hydrogen) atoms. The van der Waals surface area contributed by atoms with Gasteiger partial charge in [0.05, 0.1) is 5.69 Å². The minimum atomic E-state index is -2.20. The van der Waals surface area contributed by atoms with Crippen LogP contribution >= 0.6 is 0 Å². The molecule has 3 N–H and O–H groups in total. The van der Waals surface area contributed by atoms with E-state index in [0.29, 0.717) is 24.6 Å². The number of nitrogens with one attached hydrogen (secondary N) is 1. The minimum Gasteiger partial charge on any atom is -0.368 e. The number of anilines is 4. The average molecular weight is 490 g/mol. The Morgan fingerprint density at radius 1 is 1.00 bits per heavy atom. The van der Waals surface area contributed by atoms with E-state index in [1.54, 1.807) is 17.1 Å². The second-order valence-corrected chi connectivity index (χ2v) is 9.65. The summed E-state index contributed by atoms with van der Waals surface area (Å²) in [4.78, 5) is 19.5. The van der Waals surface area contributed by atoms with Gasteiger partial charge in [-0.15, -0.1) is 5.10 Å². The number of benzene rings is 1. The second kappa shape index (κ2) is 8.51. The molecule has 0 bridgehead atoms. The Balaban J connectivity index is 1.10. The molecule has 4 aromatic rings. The van der Waals surface area contributed by atoms with Crippen LogP contribution in [0.1, 0.15) is 12.8 Å². The van der Waals surface area contributed by atoms with Crippen LogP contribution in [0.3, 0.4) is 0 Å². The molecule has 2 aliphatic rings. The third-order valence-corrected chi connectivity index (χ3v) is 7.00. The van der Waals surface area contributed by atoms with Crippen molar-refractivity contribution >= 4 is 23.4 Å². The summed E-state index contributed by atoms with van der Waals surface area (Å²) in [6.07, 6.45) is 2.42. The number of hydrogen-bond donors (Lipinski definition) is 2. The van der Waals surface area contributed by atoms with Crippen molar-refractivity contribution in [1.82, 2.24) is 29.7 Å². The van der Waals surface area contributed by atoms with Crippen LogP contribution in [0, 0.1) is 11.3 Å². The maximum atomic E-state index is 12.8. The Morgan fingerprint density at radius 2 is 1.75 bits per heavy atom. The third kappa shape index (κ3) is 4.10. The molecular weight excluding hydrogens is 464 g/mol. The SMILES string of the molecule is Cn1nc(-c2ccc(N3CC4(CC(C(F)F)C4)C3)nc2)nc1Nc1ccc(-c2ccnc(N)n2)cc1. The number of nitrogen functional groups attached to an aromatic ring is 1. The Bertz CT molecular complexity index is 1370. The van der Waals surface area contributed by atoms with Crippen LogP contribution in [0.2, 0.25) is 0 Å². The molecule has 1 saturated carbocycles. The van der Waals surface area contributed by atoms with Gasteiger partial charge in [-0.05, 0) is 43.2 Å². The van der Waals surface area contributed by atoms with Crippen molar-refractivity contribution in [3.05, 3.63) is 54.9 Å². The summed E-state index contributed by atoms with van der Waals surface area (Å²) < 4.78 is 27.3. The number of pyridine rings is 1. The summed E-state index contributed by atoms with van der Waals surface area (Å²) in [5.41, 5.74) is 9.08. The highest BCUT2D eigenvalue weighted by Crippen LogP contribution is 2.54. The fourth-order valence-corrected chi connectivity index (χ4v) is 5.12. The highest BCUT2D eigenvalue weighted by atomic mass is 19.3. The zero-order chi connectivity index (χ0) is 24.9. The van der Waals surface area contributed by atoms with Crippen LogP contribution < -0.4 is 16.0 Å². The Kier molecular flexibility index (Phi) is 5.27. The summed E-state index contributed by atoms with van der Waals surface area (Å²) in [6.45, 7) is 1.59. The fraction of sp³-hybridized carbons (Fsp3) is 0.320. The first-order valence-corrected chi connectivity index (χ1v) is 11.7. The van der Waals surface area contributed by atoms with Crippen molar-refractivity contribution in [3.63, 3.8) is 0 Å². The van der Waals surface area contributed by atoms with Gasteiger partial charge in [-0.25, -0.2) is 28.4 Å². The molecule has 1 aromatic carbocycles. The number of rotatable bonds is 6. The van der Waals surface area contributed by atoms with E-state index < -0.39 is 12.3 Å². The molecule has 11 heteroatoms. The smallest absolute Gasteiger partial charge is 0.241 e. The maximum Gasteiger partial charge on any atom is 0.241 e. The summed E-state index contributed by atoms with van der Waals surface area (Å²) in [6, 6.07) is 13.4. The lowest BCUT2D eigenvalue weighted by Gasteiger charge is -2.59. The van der Waals surface area contributed by atoms with Crippen LogP contribution in [0.4, 0.5) is 32.2 Å². The first-order valence-electron chi connectivity index (χ1n) is 11.7. The molecule has 0 amide bonds. The molecule has 1 aliphatic carbocycles. The number of aromatic nitrogens is 6. The average Bonchev–Trinajstić information content (AvgIpc) is 3.18. The Morgan fingerprint density at radius 3 is 2.42 bits per heavy atom. The summed E-state index contributed by atoms with van der Waals surface area (Å²) >= 11 is 0. The lowest BCUT2D eigenvalue weighted by molar-refractivity contribution is -0.0658. The molecule has 9 nitrogen and oxygen atoms in total. The quantitative estimate of drug-likeness (QED) is 0.416. The van der Waals surface area contributed by atoms with Crippen molar-refractivity contribution in [2.75, 3.05) is 29.0 Å². The van der Waals surface area contributed by atoms with E-state index in [-0.39, 0.29) is 11.4 Å². The number of aryl methyl sites for hydroxylation is 1. The van der Waals surface area contributed by atoms with Crippen LogP contribution in [0.25, 0.3) is 22.6 Å². The van der Waals surface area contributed by atoms with E-state index >= 15 is 0 Å². The van der Waals surface area contributed by atoms with Gasteiger partial charge >= 0.3 is 0 Å². The van der Waals surface area contributed by atoms with E-state index in [1.807, 2.05) is 49.5 Å². The standard InChI is InChI=1S/C25H25F2N9/c1-35-24(31-18-5-2-15(3-6-18)19-8-9-29-23(28)32-19)33-22(34-35)16-4-7-20(30-12-16)36-13-25(14-36)10-17(11-25)21(26)27/h2-9,12,17,21H,10-11,13-14H2,1H3,(H2,28,29,32)(H,31,33,34). The summed E-state index contributed by atoms with van der Waals surface area (Å²) in [5, 5.41) is 7.80. The molecule has 1 saturated heterocycles. The van der Waals surface area contributed by atoms with Gasteiger partial charge in [0.15, 0.2) is 5.82 Å². The van der Waals surface area contributed by atoms with Gasteiger partial charge in [0, 0.05) is 60.7 Å². The van der Waals surface area contributed by atoms with E-state index in [0.717, 1.165) is 41.4 Å². The van der Waals surface area contributed by atoms with Crippen molar-refractivity contribution in [2.45, 2.75) is 19.3 Å².